The highest BCUT2D eigenvalue weighted by Crippen LogP contribution is 2.31. The molecule has 0 saturated carbocycles. The third-order valence-electron chi connectivity index (χ3n) is 3.11. The lowest BCUT2D eigenvalue weighted by atomic mass is 10.0. The minimum Gasteiger partial charge on any atom is -0.383 e. The highest BCUT2D eigenvalue weighted by molar-refractivity contribution is 6.11. The second-order valence-corrected chi connectivity index (χ2v) is 5.07. The van der Waals surface area contributed by atoms with Crippen LogP contribution in [0.4, 0.5) is 20.4 Å². The number of pyridine rings is 2. The average molecular weight is 335 g/mol. The van der Waals surface area contributed by atoms with Gasteiger partial charge in [-0.3, -0.25) is 9.59 Å². The van der Waals surface area contributed by atoms with Gasteiger partial charge >= 0.3 is 0 Å². The zero-order valence-corrected chi connectivity index (χ0v) is 12.7. The fourth-order valence-electron chi connectivity index (χ4n) is 2.00. The summed E-state index contributed by atoms with van der Waals surface area (Å²) in [6.07, 6.45) is 1.37. The molecule has 24 heavy (non-hydrogen) atoms. The van der Waals surface area contributed by atoms with Gasteiger partial charge in [-0.2, -0.15) is 0 Å². The lowest BCUT2D eigenvalue weighted by Gasteiger charge is -2.16. The highest BCUT2D eigenvalue weighted by atomic mass is 19.3. The van der Waals surface area contributed by atoms with Gasteiger partial charge in [-0.25, -0.2) is 18.7 Å². The summed E-state index contributed by atoms with van der Waals surface area (Å²) in [5.41, 5.74) is 9.57. The number of amides is 1. The van der Waals surface area contributed by atoms with Crippen molar-refractivity contribution in [1.29, 1.82) is 0 Å². The van der Waals surface area contributed by atoms with Crippen LogP contribution < -0.4 is 16.8 Å². The Morgan fingerprint density at radius 1 is 1.29 bits per heavy atom. The molecule has 1 amide bonds. The molecule has 5 N–H and O–H groups in total. The SMILES string of the molecule is CC(F)(F)c1ccc(NCC(N)=O)nc1C(=O)c1cccnc1N. The van der Waals surface area contributed by atoms with E-state index in [-0.39, 0.29) is 23.7 Å². The molecule has 2 rings (SSSR count). The summed E-state index contributed by atoms with van der Waals surface area (Å²) in [4.78, 5) is 31.1. The number of carbonyl (C=O) groups is 2. The van der Waals surface area contributed by atoms with E-state index in [0.29, 0.717) is 6.92 Å². The Labute approximate surface area is 136 Å². The van der Waals surface area contributed by atoms with Crippen molar-refractivity contribution < 1.29 is 18.4 Å². The van der Waals surface area contributed by atoms with Gasteiger partial charge in [0.1, 0.15) is 17.3 Å². The Hall–Kier alpha value is -3.10. The van der Waals surface area contributed by atoms with Crippen molar-refractivity contribution in [3.05, 3.63) is 47.3 Å². The van der Waals surface area contributed by atoms with Crippen molar-refractivity contribution in [2.45, 2.75) is 12.8 Å². The van der Waals surface area contributed by atoms with Crippen LogP contribution in [-0.4, -0.2) is 28.2 Å². The molecule has 0 bridgehead atoms. The fraction of sp³-hybridized carbons (Fsp3) is 0.200. The zero-order chi connectivity index (χ0) is 17.9. The van der Waals surface area contributed by atoms with E-state index >= 15 is 0 Å². The van der Waals surface area contributed by atoms with Gasteiger partial charge < -0.3 is 16.8 Å². The summed E-state index contributed by atoms with van der Waals surface area (Å²) in [6, 6.07) is 5.13. The van der Waals surface area contributed by atoms with Crippen LogP contribution >= 0.6 is 0 Å². The minimum absolute atomic E-state index is 0.0393. The molecule has 0 aliphatic carbocycles. The van der Waals surface area contributed by atoms with Gasteiger partial charge in [-0.1, -0.05) is 0 Å². The van der Waals surface area contributed by atoms with Crippen LogP contribution in [0.3, 0.4) is 0 Å². The largest absolute Gasteiger partial charge is 0.383 e. The van der Waals surface area contributed by atoms with Crippen molar-refractivity contribution in [3.8, 4) is 0 Å². The van der Waals surface area contributed by atoms with E-state index in [1.54, 1.807) is 0 Å². The molecule has 0 saturated heterocycles. The highest BCUT2D eigenvalue weighted by Gasteiger charge is 2.32. The van der Waals surface area contributed by atoms with Crippen molar-refractivity contribution in [1.82, 2.24) is 9.97 Å². The van der Waals surface area contributed by atoms with Crippen LogP contribution in [0.15, 0.2) is 30.5 Å². The molecule has 0 aliphatic heterocycles. The van der Waals surface area contributed by atoms with Crippen molar-refractivity contribution in [2.75, 3.05) is 17.6 Å². The van der Waals surface area contributed by atoms with E-state index in [4.69, 9.17) is 11.5 Å². The number of hydrogen-bond donors (Lipinski definition) is 3. The first-order chi connectivity index (χ1) is 11.2. The fourth-order valence-corrected chi connectivity index (χ4v) is 2.00. The van der Waals surface area contributed by atoms with Crippen molar-refractivity contribution in [2.24, 2.45) is 5.73 Å². The number of ketones is 1. The topological polar surface area (TPSA) is 124 Å². The Kier molecular flexibility index (Phi) is 4.72. The summed E-state index contributed by atoms with van der Waals surface area (Å²) in [7, 11) is 0. The van der Waals surface area contributed by atoms with E-state index in [0.717, 1.165) is 6.07 Å². The standard InChI is InChI=1S/C15H15F2N5O2/c1-15(16,17)9-4-5-11(21-7-10(18)23)22-12(9)13(24)8-3-2-6-20-14(8)19/h2-6H,7H2,1H3,(H2,18,23)(H2,19,20)(H,21,22). The monoisotopic (exact) mass is 335 g/mol. The zero-order valence-electron chi connectivity index (χ0n) is 12.7. The van der Waals surface area contributed by atoms with E-state index in [1.165, 1.54) is 24.4 Å². The third-order valence-corrected chi connectivity index (χ3v) is 3.11. The number of aromatic nitrogens is 2. The number of hydrogen-bond acceptors (Lipinski definition) is 6. The van der Waals surface area contributed by atoms with Gasteiger partial charge in [0.05, 0.1) is 17.7 Å². The number of nitrogens with zero attached hydrogens (tertiary/aromatic N) is 2. The second kappa shape index (κ2) is 6.57. The van der Waals surface area contributed by atoms with E-state index in [2.05, 4.69) is 15.3 Å². The molecule has 0 fully saturated rings. The molecule has 2 aromatic heterocycles. The Bertz CT molecular complexity index is 790. The van der Waals surface area contributed by atoms with Crippen LogP contribution in [0.5, 0.6) is 0 Å². The minimum atomic E-state index is -3.29. The Morgan fingerprint density at radius 2 is 2.00 bits per heavy atom. The first kappa shape index (κ1) is 17.3. The normalized spacial score (nSPS) is 11.1. The Balaban J connectivity index is 2.51. The molecular formula is C15H15F2N5O2. The molecule has 2 heterocycles. The number of rotatable bonds is 6. The molecule has 0 radical (unpaired) electrons. The maximum Gasteiger partial charge on any atom is 0.272 e. The van der Waals surface area contributed by atoms with Crippen molar-refractivity contribution >= 4 is 23.3 Å². The molecule has 0 aliphatic rings. The van der Waals surface area contributed by atoms with Gasteiger partial charge in [-0.15, -0.1) is 0 Å². The summed E-state index contributed by atoms with van der Waals surface area (Å²) in [6.45, 7) is 0.404. The number of nitrogen functional groups attached to an aromatic ring is 1. The molecule has 0 unspecified atom stereocenters. The Morgan fingerprint density at radius 3 is 2.58 bits per heavy atom. The van der Waals surface area contributed by atoms with Gasteiger partial charge in [0.15, 0.2) is 0 Å². The number of halogens is 2. The third kappa shape index (κ3) is 3.80. The first-order valence-corrected chi connectivity index (χ1v) is 6.87. The van der Waals surface area contributed by atoms with Crippen LogP contribution in [0.2, 0.25) is 0 Å². The summed E-state index contributed by atoms with van der Waals surface area (Å²) < 4.78 is 27.6. The number of alkyl halides is 2. The average Bonchev–Trinajstić information content (AvgIpc) is 2.51. The smallest absolute Gasteiger partial charge is 0.272 e. The van der Waals surface area contributed by atoms with Crippen LogP contribution in [0.25, 0.3) is 0 Å². The quantitative estimate of drug-likeness (QED) is 0.684. The summed E-state index contributed by atoms with van der Waals surface area (Å²) in [5, 5.41) is 2.55. The van der Waals surface area contributed by atoms with Gasteiger partial charge in [0.25, 0.3) is 5.92 Å². The van der Waals surface area contributed by atoms with Crippen LogP contribution in [0, 0.1) is 0 Å². The lowest BCUT2D eigenvalue weighted by molar-refractivity contribution is -0.116. The maximum absolute atomic E-state index is 13.8. The summed E-state index contributed by atoms with van der Waals surface area (Å²) >= 11 is 0. The van der Waals surface area contributed by atoms with Crippen LogP contribution in [0.1, 0.15) is 28.5 Å². The van der Waals surface area contributed by atoms with E-state index in [9.17, 15) is 18.4 Å². The number of primary amides is 1. The van der Waals surface area contributed by atoms with Gasteiger partial charge in [0, 0.05) is 13.1 Å². The van der Waals surface area contributed by atoms with Crippen molar-refractivity contribution in [3.63, 3.8) is 0 Å². The first-order valence-electron chi connectivity index (χ1n) is 6.87. The molecule has 0 spiro atoms. The maximum atomic E-state index is 13.8. The van der Waals surface area contributed by atoms with E-state index in [1.807, 2.05) is 0 Å². The molecule has 2 aromatic rings. The molecule has 9 heteroatoms. The number of nitrogens with two attached hydrogens (primary N) is 2. The van der Waals surface area contributed by atoms with Gasteiger partial charge in [0.2, 0.25) is 11.7 Å². The van der Waals surface area contributed by atoms with Crippen LogP contribution in [-0.2, 0) is 10.7 Å². The molecule has 0 aromatic carbocycles. The lowest BCUT2D eigenvalue weighted by Crippen LogP contribution is -2.23. The summed E-state index contributed by atoms with van der Waals surface area (Å²) in [5.74, 6) is -4.78. The number of carbonyl (C=O) groups excluding carboxylic acids is 2. The number of anilines is 2. The van der Waals surface area contributed by atoms with Gasteiger partial charge in [-0.05, 0) is 24.3 Å². The predicted molar refractivity (Wildman–Crippen MR) is 83.6 cm³/mol. The molecule has 7 nitrogen and oxygen atoms in total. The molecular weight excluding hydrogens is 320 g/mol. The molecule has 126 valence electrons. The molecule has 0 atom stereocenters. The second-order valence-electron chi connectivity index (χ2n) is 5.07. The van der Waals surface area contributed by atoms with E-state index < -0.39 is 28.9 Å². The predicted octanol–water partition coefficient (Wildman–Crippen LogP) is 1.30. The number of nitrogens with one attached hydrogen (secondary N) is 1.